The number of hydrogen-bond acceptors (Lipinski definition) is 4. The van der Waals surface area contributed by atoms with E-state index < -0.39 is 6.29 Å². The summed E-state index contributed by atoms with van der Waals surface area (Å²) in [4.78, 5) is 12.0. The van der Waals surface area contributed by atoms with Crippen molar-refractivity contribution in [3.05, 3.63) is 28.7 Å². The lowest BCUT2D eigenvalue weighted by Gasteiger charge is -2.24. The summed E-state index contributed by atoms with van der Waals surface area (Å²) in [6.45, 7) is 1.79. The SMILES string of the molecule is COC(OC)C(C)NC(=O)N(S)c1cccc(Br)c1. The van der Waals surface area contributed by atoms with Gasteiger partial charge in [-0.1, -0.05) is 34.8 Å². The molecule has 1 aromatic rings. The first-order chi connectivity index (χ1) is 8.99. The van der Waals surface area contributed by atoms with E-state index in [9.17, 15) is 4.79 Å². The van der Waals surface area contributed by atoms with E-state index in [0.717, 1.165) is 4.47 Å². The minimum Gasteiger partial charge on any atom is -0.354 e. The van der Waals surface area contributed by atoms with Gasteiger partial charge in [-0.25, -0.2) is 9.10 Å². The fraction of sp³-hybridized carbons (Fsp3) is 0.417. The first-order valence-corrected chi connectivity index (χ1v) is 6.79. The van der Waals surface area contributed by atoms with E-state index in [1.165, 1.54) is 18.5 Å². The summed E-state index contributed by atoms with van der Waals surface area (Å²) in [5.41, 5.74) is 0.661. The van der Waals surface area contributed by atoms with E-state index in [2.05, 4.69) is 34.1 Å². The molecule has 1 aromatic carbocycles. The van der Waals surface area contributed by atoms with Crippen LogP contribution in [0.2, 0.25) is 0 Å². The normalized spacial score (nSPS) is 12.3. The number of anilines is 1. The van der Waals surface area contributed by atoms with Crippen LogP contribution in [0.15, 0.2) is 28.7 Å². The molecule has 1 rings (SSSR count). The van der Waals surface area contributed by atoms with Crippen LogP contribution in [0.1, 0.15) is 6.92 Å². The van der Waals surface area contributed by atoms with Crippen LogP contribution in [0, 0.1) is 0 Å². The molecule has 0 radical (unpaired) electrons. The molecule has 7 heteroatoms. The maximum absolute atomic E-state index is 12.0. The van der Waals surface area contributed by atoms with Crippen LogP contribution in [0.25, 0.3) is 0 Å². The highest BCUT2D eigenvalue weighted by atomic mass is 79.9. The Kier molecular flexibility index (Phi) is 6.64. The number of benzene rings is 1. The molecule has 5 nitrogen and oxygen atoms in total. The van der Waals surface area contributed by atoms with E-state index >= 15 is 0 Å². The van der Waals surface area contributed by atoms with Crippen LogP contribution >= 0.6 is 28.7 Å². The largest absolute Gasteiger partial charge is 0.354 e. The Balaban J connectivity index is 2.67. The number of nitrogens with one attached hydrogen (secondary N) is 1. The highest BCUT2D eigenvalue weighted by Gasteiger charge is 2.21. The Hall–Kier alpha value is -0.760. The lowest BCUT2D eigenvalue weighted by atomic mass is 10.3. The maximum Gasteiger partial charge on any atom is 0.332 e. The molecule has 0 bridgehead atoms. The van der Waals surface area contributed by atoms with Gasteiger partial charge < -0.3 is 14.8 Å². The summed E-state index contributed by atoms with van der Waals surface area (Å²) in [6.07, 6.45) is -0.506. The molecule has 1 unspecified atom stereocenters. The van der Waals surface area contributed by atoms with Gasteiger partial charge in [-0.3, -0.25) is 0 Å². The topological polar surface area (TPSA) is 50.8 Å². The Morgan fingerprint density at radius 2 is 2.05 bits per heavy atom. The molecule has 1 N–H and O–H groups in total. The van der Waals surface area contributed by atoms with Gasteiger partial charge in [-0.2, -0.15) is 0 Å². The van der Waals surface area contributed by atoms with E-state index in [-0.39, 0.29) is 12.1 Å². The molecule has 1 atom stereocenters. The Bertz CT molecular complexity index is 429. The van der Waals surface area contributed by atoms with Gasteiger partial charge in [0.15, 0.2) is 6.29 Å². The minimum atomic E-state index is -0.506. The number of thiol groups is 1. The molecular weight excluding hydrogens is 332 g/mol. The molecule has 0 aromatic heterocycles. The monoisotopic (exact) mass is 348 g/mol. The van der Waals surface area contributed by atoms with Crippen LogP contribution in [0.3, 0.4) is 0 Å². The lowest BCUT2D eigenvalue weighted by Crippen LogP contribution is -2.46. The quantitative estimate of drug-likeness (QED) is 0.635. The second kappa shape index (κ2) is 7.74. The molecule has 0 aliphatic heterocycles. The predicted octanol–water partition coefficient (Wildman–Crippen LogP) is 2.82. The molecule has 0 spiro atoms. The number of methoxy groups -OCH3 is 2. The molecular formula is C12H17BrN2O3S. The van der Waals surface area contributed by atoms with E-state index in [1.54, 1.807) is 19.1 Å². The third kappa shape index (κ3) is 4.68. The molecule has 2 amide bonds. The average molecular weight is 349 g/mol. The zero-order chi connectivity index (χ0) is 14.4. The van der Waals surface area contributed by atoms with Crippen molar-refractivity contribution in [2.24, 2.45) is 0 Å². The summed E-state index contributed by atoms with van der Waals surface area (Å²) >= 11 is 7.53. The minimum absolute atomic E-state index is 0.302. The second-order valence-electron chi connectivity index (χ2n) is 3.87. The van der Waals surface area contributed by atoms with Gasteiger partial charge in [0.05, 0.1) is 11.7 Å². The maximum atomic E-state index is 12.0. The number of hydrogen-bond donors (Lipinski definition) is 2. The first-order valence-electron chi connectivity index (χ1n) is 5.60. The Labute approximate surface area is 126 Å². The second-order valence-corrected chi connectivity index (χ2v) is 5.19. The molecule has 0 saturated heterocycles. The fourth-order valence-corrected chi connectivity index (χ4v) is 2.12. The molecule has 0 saturated carbocycles. The van der Waals surface area contributed by atoms with Crippen molar-refractivity contribution in [1.29, 1.82) is 0 Å². The summed E-state index contributed by atoms with van der Waals surface area (Å²) in [5, 5.41) is 2.74. The first kappa shape index (κ1) is 16.3. The number of carbonyl (C=O) groups is 1. The van der Waals surface area contributed by atoms with Crippen molar-refractivity contribution >= 4 is 40.5 Å². The van der Waals surface area contributed by atoms with Crippen LogP contribution in [0.4, 0.5) is 10.5 Å². The average Bonchev–Trinajstić information content (AvgIpc) is 2.39. The van der Waals surface area contributed by atoms with Gasteiger partial charge in [0.25, 0.3) is 0 Å². The molecule has 106 valence electrons. The van der Waals surface area contributed by atoms with Crippen molar-refractivity contribution in [2.75, 3.05) is 18.5 Å². The Morgan fingerprint density at radius 3 is 2.58 bits per heavy atom. The molecule has 19 heavy (non-hydrogen) atoms. The van der Waals surface area contributed by atoms with Crippen molar-refractivity contribution in [1.82, 2.24) is 5.32 Å². The summed E-state index contributed by atoms with van der Waals surface area (Å²) < 4.78 is 12.3. The van der Waals surface area contributed by atoms with Crippen molar-refractivity contribution in [2.45, 2.75) is 19.3 Å². The third-order valence-electron chi connectivity index (χ3n) is 2.47. The number of rotatable bonds is 5. The number of carbonyl (C=O) groups excluding carboxylic acids is 1. The van der Waals surface area contributed by atoms with Gasteiger partial charge >= 0.3 is 6.03 Å². The van der Waals surface area contributed by atoms with E-state index in [1.807, 2.05) is 12.1 Å². The van der Waals surface area contributed by atoms with Crippen molar-refractivity contribution < 1.29 is 14.3 Å². The highest BCUT2D eigenvalue weighted by Crippen LogP contribution is 2.21. The summed E-state index contributed by atoms with van der Waals surface area (Å²) in [5.74, 6) is 0. The van der Waals surface area contributed by atoms with Gasteiger partial charge in [-0.05, 0) is 25.1 Å². The van der Waals surface area contributed by atoms with Crippen molar-refractivity contribution in [3.8, 4) is 0 Å². The summed E-state index contributed by atoms with van der Waals surface area (Å²) in [7, 11) is 3.03. The Morgan fingerprint density at radius 1 is 1.42 bits per heavy atom. The smallest absolute Gasteiger partial charge is 0.332 e. The standard InChI is InChI=1S/C12H17BrN2O3S/c1-8(11(17-2)18-3)14-12(16)15(19)10-6-4-5-9(13)7-10/h4-8,11,19H,1-3H3,(H,14,16). The van der Waals surface area contributed by atoms with Crippen LogP contribution < -0.4 is 9.62 Å². The highest BCUT2D eigenvalue weighted by molar-refractivity contribution is 9.10. The third-order valence-corrected chi connectivity index (χ3v) is 3.37. The lowest BCUT2D eigenvalue weighted by molar-refractivity contribution is -0.117. The van der Waals surface area contributed by atoms with E-state index in [0.29, 0.717) is 5.69 Å². The van der Waals surface area contributed by atoms with Crippen LogP contribution in [-0.4, -0.2) is 32.6 Å². The van der Waals surface area contributed by atoms with Gasteiger partial charge in [-0.15, -0.1) is 0 Å². The van der Waals surface area contributed by atoms with Crippen LogP contribution in [-0.2, 0) is 9.47 Å². The number of urea groups is 1. The molecule has 0 aliphatic carbocycles. The van der Waals surface area contributed by atoms with Crippen molar-refractivity contribution in [3.63, 3.8) is 0 Å². The van der Waals surface area contributed by atoms with E-state index in [4.69, 9.17) is 9.47 Å². The molecule has 0 fully saturated rings. The van der Waals surface area contributed by atoms with Gasteiger partial charge in [0.2, 0.25) is 0 Å². The number of nitrogens with zero attached hydrogens (tertiary/aromatic N) is 1. The van der Waals surface area contributed by atoms with Gasteiger partial charge in [0, 0.05) is 18.7 Å². The fourth-order valence-electron chi connectivity index (χ4n) is 1.55. The molecule has 0 aliphatic rings. The number of halogens is 1. The number of ether oxygens (including phenoxy) is 2. The molecule has 0 heterocycles. The van der Waals surface area contributed by atoms with Gasteiger partial charge in [0.1, 0.15) is 0 Å². The number of amides is 2. The zero-order valence-corrected chi connectivity index (χ0v) is 13.4. The van der Waals surface area contributed by atoms with Crippen LogP contribution in [0.5, 0.6) is 0 Å². The predicted molar refractivity (Wildman–Crippen MR) is 81.4 cm³/mol. The zero-order valence-electron chi connectivity index (χ0n) is 11.0. The summed E-state index contributed by atoms with van der Waals surface area (Å²) in [6, 6.07) is 6.62.